The molecule has 0 saturated carbocycles. The van der Waals surface area contributed by atoms with E-state index in [0.29, 0.717) is 19.4 Å². The van der Waals surface area contributed by atoms with Gasteiger partial charge in [0.25, 0.3) is 5.91 Å². The zero-order chi connectivity index (χ0) is 17.8. The Bertz CT molecular complexity index is 462. The van der Waals surface area contributed by atoms with E-state index in [1.54, 1.807) is 20.8 Å². The van der Waals surface area contributed by atoms with Gasteiger partial charge in [-0.15, -0.1) is 0 Å². The van der Waals surface area contributed by atoms with Crippen LogP contribution in [0.4, 0.5) is 4.79 Å². The first-order valence-electron chi connectivity index (χ1n) is 7.86. The molecule has 1 N–H and O–H groups in total. The number of carbonyl (C=O) groups excluding carboxylic acids is 3. The normalized spacial score (nSPS) is 18.5. The third-order valence-electron chi connectivity index (χ3n) is 3.01. The highest BCUT2D eigenvalue weighted by atomic mass is 16.6. The predicted octanol–water partition coefficient (Wildman–Crippen LogP) is 1.84. The van der Waals surface area contributed by atoms with Gasteiger partial charge in [0.1, 0.15) is 11.6 Å². The lowest BCUT2D eigenvalue weighted by Gasteiger charge is -2.27. The topological polar surface area (TPSA) is 84.9 Å². The molecule has 7 nitrogen and oxygen atoms in total. The van der Waals surface area contributed by atoms with Crippen LogP contribution in [0.1, 0.15) is 54.4 Å². The van der Waals surface area contributed by atoms with E-state index < -0.39 is 23.7 Å². The smallest absolute Gasteiger partial charge is 0.411 e. The molecule has 2 amide bonds. The Balaban J connectivity index is 2.54. The number of hydrogen-bond acceptors (Lipinski definition) is 5. The number of amides is 2. The zero-order valence-corrected chi connectivity index (χ0v) is 14.9. The summed E-state index contributed by atoms with van der Waals surface area (Å²) in [4.78, 5) is 37.3. The van der Waals surface area contributed by atoms with Crippen LogP contribution in [-0.2, 0) is 19.1 Å². The van der Waals surface area contributed by atoms with Crippen molar-refractivity contribution in [3.63, 3.8) is 0 Å². The van der Waals surface area contributed by atoms with Gasteiger partial charge in [0.15, 0.2) is 6.61 Å². The second kappa shape index (κ2) is 7.19. The van der Waals surface area contributed by atoms with Crippen LogP contribution >= 0.6 is 0 Å². The predicted molar refractivity (Wildman–Crippen MR) is 84.8 cm³/mol. The molecule has 1 atom stereocenters. The summed E-state index contributed by atoms with van der Waals surface area (Å²) in [6.45, 7) is 10.9. The average molecular weight is 328 g/mol. The van der Waals surface area contributed by atoms with Crippen LogP contribution in [0.5, 0.6) is 0 Å². The van der Waals surface area contributed by atoms with Crippen LogP contribution in [-0.4, -0.2) is 53.2 Å². The third kappa shape index (κ3) is 6.88. The molecule has 0 radical (unpaired) electrons. The van der Waals surface area contributed by atoms with Crippen LogP contribution in [0.2, 0.25) is 0 Å². The molecule has 0 aromatic rings. The Morgan fingerprint density at radius 1 is 1.13 bits per heavy atom. The van der Waals surface area contributed by atoms with Crippen molar-refractivity contribution in [2.75, 3.05) is 13.2 Å². The maximum atomic E-state index is 12.1. The van der Waals surface area contributed by atoms with Gasteiger partial charge in [-0.05, 0) is 54.4 Å². The van der Waals surface area contributed by atoms with Gasteiger partial charge >= 0.3 is 12.1 Å². The quantitative estimate of drug-likeness (QED) is 0.799. The van der Waals surface area contributed by atoms with Gasteiger partial charge in [0.2, 0.25) is 0 Å². The first-order valence-corrected chi connectivity index (χ1v) is 7.86. The summed E-state index contributed by atoms with van der Waals surface area (Å²) in [7, 11) is 0. The molecule has 132 valence electrons. The van der Waals surface area contributed by atoms with Crippen molar-refractivity contribution in [3.8, 4) is 0 Å². The average Bonchev–Trinajstić information content (AvgIpc) is 2.80. The van der Waals surface area contributed by atoms with E-state index in [2.05, 4.69) is 5.32 Å². The van der Waals surface area contributed by atoms with Crippen molar-refractivity contribution in [3.05, 3.63) is 0 Å². The minimum Gasteiger partial charge on any atom is -0.454 e. The summed E-state index contributed by atoms with van der Waals surface area (Å²) in [5.41, 5.74) is -1.01. The van der Waals surface area contributed by atoms with Gasteiger partial charge in [0.05, 0.1) is 0 Å². The van der Waals surface area contributed by atoms with Crippen LogP contribution in [0.25, 0.3) is 0 Å². The summed E-state index contributed by atoms with van der Waals surface area (Å²) >= 11 is 0. The van der Waals surface area contributed by atoms with E-state index >= 15 is 0 Å². The molecule has 1 aliphatic rings. The summed E-state index contributed by atoms with van der Waals surface area (Å²) in [5, 5.41) is 2.71. The van der Waals surface area contributed by atoms with E-state index in [4.69, 9.17) is 9.47 Å². The molecule has 1 heterocycles. The standard InChI is InChI=1S/C16H28N2O5/c1-15(2,3)17-12(19)10-22-13(20)11-8-7-9-18(11)14(21)23-16(4,5)6/h11H,7-10H2,1-6H3,(H,17,19)/t11-/m0/s1. The number of hydrogen-bond donors (Lipinski definition) is 1. The maximum Gasteiger partial charge on any atom is 0.411 e. The Hall–Kier alpha value is -1.79. The molecule has 0 bridgehead atoms. The van der Waals surface area contributed by atoms with Gasteiger partial charge in [-0.25, -0.2) is 9.59 Å². The van der Waals surface area contributed by atoms with Crippen LogP contribution in [0.15, 0.2) is 0 Å². The molecule has 0 aromatic heterocycles. The highest BCUT2D eigenvalue weighted by Crippen LogP contribution is 2.21. The highest BCUT2D eigenvalue weighted by Gasteiger charge is 2.37. The summed E-state index contributed by atoms with van der Waals surface area (Å²) < 4.78 is 10.3. The molecule has 1 aliphatic heterocycles. The van der Waals surface area contributed by atoms with Gasteiger partial charge in [-0.3, -0.25) is 9.69 Å². The van der Waals surface area contributed by atoms with E-state index in [0.717, 1.165) is 0 Å². The van der Waals surface area contributed by atoms with Crippen molar-refractivity contribution in [2.24, 2.45) is 0 Å². The minimum atomic E-state index is -0.688. The highest BCUT2D eigenvalue weighted by molar-refractivity contribution is 5.85. The molecule has 1 saturated heterocycles. The van der Waals surface area contributed by atoms with Crippen molar-refractivity contribution in [2.45, 2.75) is 71.6 Å². The SMILES string of the molecule is CC(C)(C)NC(=O)COC(=O)[C@@H]1CCCN1C(=O)OC(C)(C)C. The van der Waals surface area contributed by atoms with Crippen molar-refractivity contribution in [1.82, 2.24) is 10.2 Å². The molecule has 23 heavy (non-hydrogen) atoms. The molecular formula is C16H28N2O5. The number of carbonyl (C=O) groups is 3. The van der Waals surface area contributed by atoms with Gasteiger partial charge in [-0.1, -0.05) is 0 Å². The summed E-state index contributed by atoms with van der Waals surface area (Å²) in [6, 6.07) is -0.688. The molecule has 1 rings (SSSR count). The fourth-order valence-electron chi connectivity index (χ4n) is 2.24. The Labute approximate surface area is 137 Å². The largest absolute Gasteiger partial charge is 0.454 e. The lowest BCUT2D eigenvalue weighted by molar-refractivity contribution is -0.153. The van der Waals surface area contributed by atoms with E-state index in [9.17, 15) is 14.4 Å². The lowest BCUT2D eigenvalue weighted by Crippen LogP contribution is -2.46. The Kier molecular flexibility index (Phi) is 6.02. The second-order valence-corrected chi connectivity index (χ2v) is 7.74. The molecule has 1 fully saturated rings. The monoisotopic (exact) mass is 328 g/mol. The van der Waals surface area contributed by atoms with Crippen LogP contribution in [0, 0.1) is 0 Å². The van der Waals surface area contributed by atoms with Crippen LogP contribution in [0.3, 0.4) is 0 Å². The van der Waals surface area contributed by atoms with E-state index in [-0.39, 0.29) is 18.1 Å². The number of likely N-dealkylation sites (tertiary alicyclic amines) is 1. The molecule has 0 aliphatic carbocycles. The Morgan fingerprint density at radius 3 is 2.26 bits per heavy atom. The van der Waals surface area contributed by atoms with Gasteiger partial charge < -0.3 is 14.8 Å². The summed E-state index contributed by atoms with van der Waals surface area (Å²) in [6.07, 6.45) is 0.683. The number of nitrogens with zero attached hydrogens (tertiary/aromatic N) is 1. The third-order valence-corrected chi connectivity index (χ3v) is 3.01. The summed E-state index contributed by atoms with van der Waals surface area (Å²) in [5.74, 6) is -0.940. The minimum absolute atomic E-state index is 0.352. The number of ether oxygens (including phenoxy) is 2. The molecule has 0 spiro atoms. The first kappa shape index (κ1) is 19.3. The van der Waals surface area contributed by atoms with E-state index in [1.165, 1.54) is 4.90 Å². The van der Waals surface area contributed by atoms with E-state index in [1.807, 2.05) is 20.8 Å². The van der Waals surface area contributed by atoms with Gasteiger partial charge in [0, 0.05) is 12.1 Å². The second-order valence-electron chi connectivity index (χ2n) is 7.74. The van der Waals surface area contributed by atoms with Crippen LogP contribution < -0.4 is 5.32 Å². The fraction of sp³-hybridized carbons (Fsp3) is 0.812. The molecule has 0 unspecified atom stereocenters. The maximum absolute atomic E-state index is 12.1. The lowest BCUT2D eigenvalue weighted by atomic mass is 10.1. The molecule has 7 heteroatoms. The van der Waals surface area contributed by atoms with Crippen molar-refractivity contribution in [1.29, 1.82) is 0 Å². The number of nitrogens with one attached hydrogen (secondary N) is 1. The fourth-order valence-corrected chi connectivity index (χ4v) is 2.24. The molecule has 0 aromatic carbocycles. The number of rotatable bonds is 3. The first-order chi connectivity index (χ1) is 10.4. The van der Waals surface area contributed by atoms with Crippen molar-refractivity contribution < 1.29 is 23.9 Å². The number of esters is 1. The zero-order valence-electron chi connectivity index (χ0n) is 14.9. The molecular weight excluding hydrogens is 300 g/mol. The van der Waals surface area contributed by atoms with Crippen molar-refractivity contribution >= 4 is 18.0 Å². The van der Waals surface area contributed by atoms with Gasteiger partial charge in [-0.2, -0.15) is 0 Å². The Morgan fingerprint density at radius 2 is 1.74 bits per heavy atom.